The van der Waals surface area contributed by atoms with E-state index in [4.69, 9.17) is 11.6 Å². The molecule has 1 aliphatic rings. The largest absolute Gasteiger partial charge is 0.351 e. The van der Waals surface area contributed by atoms with Crippen molar-refractivity contribution in [3.05, 3.63) is 105 Å². The van der Waals surface area contributed by atoms with Crippen LogP contribution in [0.4, 0.5) is 17.1 Å². The lowest BCUT2D eigenvalue weighted by Crippen LogP contribution is -2.24. The number of benzene rings is 3. The molecule has 0 bridgehead atoms. The van der Waals surface area contributed by atoms with Crippen molar-refractivity contribution < 1.29 is 22.9 Å². The quantitative estimate of drug-likeness (QED) is 0.393. The van der Waals surface area contributed by atoms with Gasteiger partial charge in [-0.25, -0.2) is 8.42 Å². The lowest BCUT2D eigenvalue weighted by Gasteiger charge is -2.19. The molecule has 0 heterocycles. The fourth-order valence-corrected chi connectivity index (χ4v) is 4.55. The second kappa shape index (κ2) is 8.49. The molecule has 0 saturated carbocycles. The summed E-state index contributed by atoms with van der Waals surface area (Å²) in [5.74, 6) is -0.966. The van der Waals surface area contributed by atoms with Crippen molar-refractivity contribution in [2.75, 3.05) is 10.0 Å². The number of nitrogens with one attached hydrogen (secondary N) is 2. The number of ketones is 2. The van der Waals surface area contributed by atoms with E-state index in [1.165, 1.54) is 60.7 Å². The topological polar surface area (TPSA) is 135 Å². The molecule has 9 nitrogen and oxygen atoms in total. The Morgan fingerprint density at radius 2 is 1.39 bits per heavy atom. The molecule has 0 unspecified atom stereocenters. The van der Waals surface area contributed by atoms with Gasteiger partial charge < -0.3 is 5.32 Å². The van der Waals surface area contributed by atoms with Crippen LogP contribution in [0.15, 0.2) is 88.4 Å². The molecule has 33 heavy (non-hydrogen) atoms. The summed E-state index contributed by atoms with van der Waals surface area (Å²) >= 11 is 6.13. The minimum atomic E-state index is -4.13. The summed E-state index contributed by atoms with van der Waals surface area (Å²) in [4.78, 5) is 35.5. The molecule has 4 rings (SSSR count). The van der Waals surface area contributed by atoms with E-state index in [1.54, 1.807) is 12.1 Å². The second-order valence-electron chi connectivity index (χ2n) is 6.92. The van der Waals surface area contributed by atoms with Gasteiger partial charge in [-0.15, -0.1) is 0 Å². The lowest BCUT2D eigenvalue weighted by molar-refractivity contribution is -0.383. The fourth-order valence-electron chi connectivity index (χ4n) is 3.24. The number of hydrogen-bond acceptors (Lipinski definition) is 7. The van der Waals surface area contributed by atoms with Crippen molar-refractivity contribution in [2.24, 2.45) is 0 Å². The first-order valence-corrected chi connectivity index (χ1v) is 11.3. The van der Waals surface area contributed by atoms with Gasteiger partial charge in [-0.2, -0.15) is 0 Å². The molecular weight excluding hydrogens is 470 g/mol. The smallest absolute Gasteiger partial charge is 0.293 e. The highest BCUT2D eigenvalue weighted by Crippen LogP contribution is 2.30. The van der Waals surface area contributed by atoms with Gasteiger partial charge >= 0.3 is 0 Å². The molecule has 0 saturated heterocycles. The minimum Gasteiger partial charge on any atom is -0.351 e. The van der Waals surface area contributed by atoms with Crippen LogP contribution >= 0.6 is 11.6 Å². The Morgan fingerprint density at radius 1 is 0.818 bits per heavy atom. The lowest BCUT2D eigenvalue weighted by atomic mass is 9.92. The minimum absolute atomic E-state index is 0.117. The molecule has 0 aliphatic heterocycles. The number of halogens is 1. The SMILES string of the molecule is O=C1C(Cl)=C(Nc2ccc(S(=O)(=O)Nc3ccccc3[N+](=O)[O-])cc2)C(=O)c2ccccc21. The van der Waals surface area contributed by atoms with Gasteiger partial charge in [0.05, 0.1) is 9.82 Å². The molecule has 0 aromatic heterocycles. The zero-order valence-corrected chi connectivity index (χ0v) is 18.2. The zero-order valence-electron chi connectivity index (χ0n) is 16.6. The van der Waals surface area contributed by atoms with E-state index in [-0.39, 0.29) is 38.1 Å². The Balaban J connectivity index is 1.58. The molecule has 1 aliphatic carbocycles. The number of carbonyl (C=O) groups excluding carboxylic acids is 2. The van der Waals surface area contributed by atoms with Gasteiger partial charge in [0, 0.05) is 22.9 Å². The van der Waals surface area contributed by atoms with Gasteiger partial charge in [0.15, 0.2) is 0 Å². The number of carbonyl (C=O) groups is 2. The highest BCUT2D eigenvalue weighted by atomic mass is 35.5. The first-order valence-electron chi connectivity index (χ1n) is 9.40. The molecule has 0 amide bonds. The van der Waals surface area contributed by atoms with Crippen LogP contribution in [0.25, 0.3) is 0 Å². The van der Waals surface area contributed by atoms with Gasteiger partial charge in [-0.05, 0) is 30.3 Å². The maximum Gasteiger partial charge on any atom is 0.293 e. The summed E-state index contributed by atoms with van der Waals surface area (Å²) in [6, 6.07) is 16.9. The Hall–Kier alpha value is -4.02. The average Bonchev–Trinajstić information content (AvgIpc) is 2.80. The maximum atomic E-state index is 12.8. The molecule has 0 atom stereocenters. The third-order valence-corrected chi connectivity index (χ3v) is 6.58. The Bertz CT molecular complexity index is 1450. The van der Waals surface area contributed by atoms with Crippen molar-refractivity contribution in [1.82, 2.24) is 0 Å². The molecule has 3 aromatic carbocycles. The van der Waals surface area contributed by atoms with E-state index in [9.17, 15) is 28.1 Å². The van der Waals surface area contributed by atoms with Crippen LogP contribution in [0, 0.1) is 10.1 Å². The second-order valence-corrected chi connectivity index (χ2v) is 8.98. The van der Waals surface area contributed by atoms with Crippen LogP contribution in [0.5, 0.6) is 0 Å². The monoisotopic (exact) mass is 483 g/mol. The first-order chi connectivity index (χ1) is 15.7. The van der Waals surface area contributed by atoms with Gasteiger partial charge in [0.2, 0.25) is 11.6 Å². The number of anilines is 2. The van der Waals surface area contributed by atoms with Crippen LogP contribution in [-0.4, -0.2) is 24.9 Å². The van der Waals surface area contributed by atoms with E-state index in [1.807, 2.05) is 0 Å². The number of hydrogen-bond donors (Lipinski definition) is 2. The molecule has 0 radical (unpaired) electrons. The number of fused-ring (bicyclic) bond motifs is 1. The number of Topliss-reactive ketones (excluding diaryl/α,β-unsaturated/α-hetero) is 2. The number of nitrogens with zero attached hydrogens (tertiary/aromatic N) is 1. The van der Waals surface area contributed by atoms with Crippen molar-refractivity contribution in [1.29, 1.82) is 0 Å². The van der Waals surface area contributed by atoms with Crippen LogP contribution in [0.2, 0.25) is 0 Å². The van der Waals surface area contributed by atoms with Crippen LogP contribution in [0.1, 0.15) is 20.7 Å². The molecule has 3 aromatic rings. The summed E-state index contributed by atoms with van der Waals surface area (Å²) in [7, 11) is -4.13. The predicted octanol–water partition coefficient (Wildman–Crippen LogP) is 4.34. The highest BCUT2D eigenvalue weighted by Gasteiger charge is 2.31. The van der Waals surface area contributed by atoms with Gasteiger partial charge in [0.1, 0.15) is 16.4 Å². The Kier molecular flexibility index (Phi) is 5.71. The van der Waals surface area contributed by atoms with Crippen molar-refractivity contribution in [2.45, 2.75) is 4.90 Å². The molecule has 0 fully saturated rings. The van der Waals surface area contributed by atoms with Gasteiger partial charge in [-0.1, -0.05) is 48.0 Å². The molecule has 166 valence electrons. The predicted molar refractivity (Wildman–Crippen MR) is 122 cm³/mol. The number of allylic oxidation sites excluding steroid dienone is 2. The number of para-hydroxylation sites is 2. The summed E-state index contributed by atoms with van der Waals surface area (Å²) < 4.78 is 27.6. The van der Waals surface area contributed by atoms with Gasteiger partial charge in [-0.3, -0.25) is 24.4 Å². The third-order valence-electron chi connectivity index (χ3n) is 4.84. The molecular formula is C22H14ClN3O6S. The van der Waals surface area contributed by atoms with Crippen LogP contribution in [0.3, 0.4) is 0 Å². The van der Waals surface area contributed by atoms with Crippen LogP contribution < -0.4 is 10.0 Å². The van der Waals surface area contributed by atoms with Gasteiger partial charge in [0.25, 0.3) is 15.7 Å². The van der Waals surface area contributed by atoms with Crippen LogP contribution in [-0.2, 0) is 10.0 Å². The number of nitro benzene ring substituents is 1. The van der Waals surface area contributed by atoms with Crippen molar-refractivity contribution in [3.8, 4) is 0 Å². The van der Waals surface area contributed by atoms with E-state index < -0.39 is 26.5 Å². The molecule has 11 heteroatoms. The molecule has 0 spiro atoms. The zero-order chi connectivity index (χ0) is 23.8. The van der Waals surface area contributed by atoms with E-state index in [0.717, 1.165) is 0 Å². The molecule has 2 N–H and O–H groups in total. The average molecular weight is 484 g/mol. The normalized spacial score (nSPS) is 13.5. The van der Waals surface area contributed by atoms with E-state index in [2.05, 4.69) is 10.0 Å². The number of rotatable bonds is 6. The summed E-state index contributed by atoms with van der Waals surface area (Å²) in [6.07, 6.45) is 0. The maximum absolute atomic E-state index is 12.8. The highest BCUT2D eigenvalue weighted by molar-refractivity contribution is 7.92. The Labute approximate surface area is 192 Å². The Morgan fingerprint density at radius 3 is 2.03 bits per heavy atom. The fraction of sp³-hybridized carbons (Fsp3) is 0. The van der Waals surface area contributed by atoms with Crippen molar-refractivity contribution >= 4 is 50.3 Å². The van der Waals surface area contributed by atoms with E-state index in [0.29, 0.717) is 5.69 Å². The summed E-state index contributed by atoms with van der Waals surface area (Å²) in [6.45, 7) is 0. The van der Waals surface area contributed by atoms with Crippen molar-refractivity contribution in [3.63, 3.8) is 0 Å². The summed E-state index contributed by atoms with van der Waals surface area (Å²) in [5, 5.41) is 13.6. The number of sulfonamides is 1. The first kappa shape index (κ1) is 22.2. The standard InChI is InChI=1S/C22H14ClN3O6S/c23-19-20(22(28)16-6-2-1-5-15(16)21(19)27)24-13-9-11-14(12-10-13)33(31,32)25-17-7-3-4-8-18(17)26(29)30/h1-12,24-25H. The number of nitro groups is 1. The third kappa shape index (κ3) is 4.21. The van der Waals surface area contributed by atoms with E-state index >= 15 is 0 Å². The summed E-state index contributed by atoms with van der Waals surface area (Å²) in [5.41, 5.74) is 0.0541.